The fourth-order valence-electron chi connectivity index (χ4n) is 2.53. The number of hydrogen-bond donors (Lipinski definition) is 1. The number of aliphatic imine (C=N–C) groups is 1. The number of carbonyl (C=O) groups is 1. The highest BCUT2D eigenvalue weighted by Gasteiger charge is 2.20. The van der Waals surface area contributed by atoms with Crippen molar-refractivity contribution in [2.45, 2.75) is 13.8 Å². The van der Waals surface area contributed by atoms with Gasteiger partial charge in [-0.15, -0.1) is 24.0 Å². The first-order chi connectivity index (χ1) is 11.6. The summed E-state index contributed by atoms with van der Waals surface area (Å²) in [4.78, 5) is 20.1. The van der Waals surface area contributed by atoms with Gasteiger partial charge in [-0.25, -0.2) is 4.99 Å². The Hall–Kier alpha value is -1.03. The van der Waals surface area contributed by atoms with Crippen LogP contribution in [0.15, 0.2) is 33.7 Å². The molecule has 2 rings (SSSR count). The summed E-state index contributed by atoms with van der Waals surface area (Å²) in [5.41, 5.74) is 0. The van der Waals surface area contributed by atoms with E-state index < -0.39 is 0 Å². The molecule has 0 unspecified atom stereocenters. The van der Waals surface area contributed by atoms with Gasteiger partial charge in [0.05, 0.1) is 6.54 Å². The monoisotopic (exact) mass is 524 g/mol. The van der Waals surface area contributed by atoms with E-state index >= 15 is 0 Å². The summed E-state index contributed by atoms with van der Waals surface area (Å²) in [5.74, 6) is 1.86. The molecule has 0 saturated carbocycles. The summed E-state index contributed by atoms with van der Waals surface area (Å²) < 4.78 is 6.72. The third-order valence-corrected chi connectivity index (χ3v) is 4.27. The molecule has 1 saturated heterocycles. The van der Waals surface area contributed by atoms with Gasteiger partial charge in [-0.1, -0.05) is 22.0 Å². The summed E-state index contributed by atoms with van der Waals surface area (Å²) in [6.07, 6.45) is 0. The van der Waals surface area contributed by atoms with Crippen LogP contribution in [0.1, 0.15) is 13.8 Å². The molecule has 140 valence electrons. The lowest BCUT2D eigenvalue weighted by Gasteiger charge is -2.36. The van der Waals surface area contributed by atoms with E-state index in [1.807, 2.05) is 29.2 Å². The third-order valence-electron chi connectivity index (χ3n) is 3.78. The molecular weight excluding hydrogens is 499 g/mol. The van der Waals surface area contributed by atoms with Crippen LogP contribution < -0.4 is 10.1 Å². The smallest absolute Gasteiger partial charge is 0.219 e. The summed E-state index contributed by atoms with van der Waals surface area (Å²) >= 11 is 3.43. The van der Waals surface area contributed by atoms with Crippen LogP contribution in [0.5, 0.6) is 5.75 Å². The molecule has 0 spiro atoms. The van der Waals surface area contributed by atoms with Crippen LogP contribution in [-0.4, -0.2) is 67.5 Å². The molecule has 1 amide bonds. The second-order valence-electron chi connectivity index (χ2n) is 5.53. The molecule has 0 bridgehead atoms. The lowest BCUT2D eigenvalue weighted by Crippen LogP contribution is -2.53. The van der Waals surface area contributed by atoms with Gasteiger partial charge in [0.2, 0.25) is 5.91 Å². The van der Waals surface area contributed by atoms with Gasteiger partial charge in [-0.3, -0.25) is 4.79 Å². The number of ether oxygens (including phenoxy) is 1. The Morgan fingerprint density at radius 2 is 1.96 bits per heavy atom. The van der Waals surface area contributed by atoms with E-state index in [0.717, 1.165) is 48.9 Å². The molecule has 1 aliphatic heterocycles. The quantitative estimate of drug-likeness (QED) is 0.278. The zero-order valence-electron chi connectivity index (χ0n) is 14.7. The number of piperazine rings is 1. The van der Waals surface area contributed by atoms with Crippen molar-refractivity contribution in [1.29, 1.82) is 0 Å². The Balaban J connectivity index is 0.00000312. The van der Waals surface area contributed by atoms with Crippen LogP contribution in [0.2, 0.25) is 0 Å². The highest BCUT2D eigenvalue weighted by molar-refractivity contribution is 14.0. The lowest BCUT2D eigenvalue weighted by molar-refractivity contribution is -0.130. The van der Waals surface area contributed by atoms with E-state index in [1.54, 1.807) is 6.92 Å². The number of amides is 1. The molecular formula is C17H26BrIN4O2. The Bertz CT molecular complexity index is 578. The molecule has 0 radical (unpaired) electrons. The molecule has 25 heavy (non-hydrogen) atoms. The second-order valence-corrected chi connectivity index (χ2v) is 6.45. The molecule has 8 heteroatoms. The van der Waals surface area contributed by atoms with E-state index in [4.69, 9.17) is 4.74 Å². The van der Waals surface area contributed by atoms with Gasteiger partial charge < -0.3 is 19.9 Å². The van der Waals surface area contributed by atoms with Crippen molar-refractivity contribution in [1.82, 2.24) is 15.1 Å². The number of guanidine groups is 1. The third kappa shape index (κ3) is 7.39. The highest BCUT2D eigenvalue weighted by Crippen LogP contribution is 2.17. The minimum atomic E-state index is 0. The summed E-state index contributed by atoms with van der Waals surface area (Å²) in [6.45, 7) is 8.70. The summed E-state index contributed by atoms with van der Waals surface area (Å²) in [6, 6.07) is 7.78. The average molecular weight is 525 g/mol. The first-order valence-electron chi connectivity index (χ1n) is 8.27. The summed E-state index contributed by atoms with van der Waals surface area (Å²) in [7, 11) is 0. The Kier molecular flexibility index (Phi) is 10.2. The Morgan fingerprint density at radius 1 is 1.28 bits per heavy atom. The molecule has 0 aliphatic carbocycles. The van der Waals surface area contributed by atoms with Gasteiger partial charge in [0, 0.05) is 44.1 Å². The zero-order chi connectivity index (χ0) is 17.4. The van der Waals surface area contributed by atoms with Crippen LogP contribution in [0.25, 0.3) is 0 Å². The van der Waals surface area contributed by atoms with Crippen LogP contribution in [0.3, 0.4) is 0 Å². The van der Waals surface area contributed by atoms with Crippen molar-refractivity contribution in [2.24, 2.45) is 4.99 Å². The number of benzene rings is 1. The fourth-order valence-corrected chi connectivity index (χ4v) is 2.91. The minimum absolute atomic E-state index is 0. The van der Waals surface area contributed by atoms with Crippen molar-refractivity contribution in [3.63, 3.8) is 0 Å². The Labute approximate surface area is 175 Å². The van der Waals surface area contributed by atoms with Gasteiger partial charge in [0.15, 0.2) is 5.96 Å². The van der Waals surface area contributed by atoms with E-state index in [-0.39, 0.29) is 29.9 Å². The zero-order valence-corrected chi connectivity index (χ0v) is 18.6. The molecule has 0 aromatic heterocycles. The van der Waals surface area contributed by atoms with Gasteiger partial charge in [0.1, 0.15) is 12.4 Å². The van der Waals surface area contributed by atoms with Crippen LogP contribution in [0, 0.1) is 0 Å². The molecule has 6 nitrogen and oxygen atoms in total. The number of carbonyl (C=O) groups excluding carboxylic acids is 1. The molecule has 0 atom stereocenters. The maximum atomic E-state index is 11.4. The van der Waals surface area contributed by atoms with Crippen molar-refractivity contribution in [3.8, 4) is 5.75 Å². The van der Waals surface area contributed by atoms with Gasteiger partial charge >= 0.3 is 0 Å². The van der Waals surface area contributed by atoms with E-state index in [9.17, 15) is 4.79 Å². The Morgan fingerprint density at radius 3 is 2.56 bits per heavy atom. The van der Waals surface area contributed by atoms with Crippen LogP contribution in [-0.2, 0) is 4.79 Å². The molecule has 1 aliphatic rings. The number of nitrogens with one attached hydrogen (secondary N) is 1. The van der Waals surface area contributed by atoms with Crippen molar-refractivity contribution < 1.29 is 9.53 Å². The first kappa shape index (κ1) is 22.0. The van der Waals surface area contributed by atoms with E-state index in [0.29, 0.717) is 13.2 Å². The van der Waals surface area contributed by atoms with Crippen molar-refractivity contribution in [2.75, 3.05) is 45.9 Å². The largest absolute Gasteiger partial charge is 0.492 e. The van der Waals surface area contributed by atoms with Crippen molar-refractivity contribution >= 4 is 51.8 Å². The van der Waals surface area contributed by atoms with Crippen molar-refractivity contribution in [3.05, 3.63) is 28.7 Å². The SMILES string of the molecule is CCNC(=NCCOc1cccc(Br)c1)N1CCN(C(C)=O)CC1.I. The number of nitrogens with zero attached hydrogens (tertiary/aromatic N) is 3. The first-order valence-corrected chi connectivity index (χ1v) is 9.06. The number of hydrogen-bond acceptors (Lipinski definition) is 3. The topological polar surface area (TPSA) is 57.2 Å². The predicted octanol–water partition coefficient (Wildman–Crippen LogP) is 2.58. The fraction of sp³-hybridized carbons (Fsp3) is 0.529. The molecule has 1 fully saturated rings. The van der Waals surface area contributed by atoms with Gasteiger partial charge in [0.25, 0.3) is 0 Å². The maximum Gasteiger partial charge on any atom is 0.219 e. The lowest BCUT2D eigenvalue weighted by atomic mass is 10.3. The van der Waals surface area contributed by atoms with Gasteiger partial charge in [-0.2, -0.15) is 0 Å². The maximum absolute atomic E-state index is 11.4. The summed E-state index contributed by atoms with van der Waals surface area (Å²) in [5, 5.41) is 3.31. The average Bonchev–Trinajstić information content (AvgIpc) is 2.58. The second kappa shape index (κ2) is 11.6. The van der Waals surface area contributed by atoms with Gasteiger partial charge in [-0.05, 0) is 25.1 Å². The highest BCUT2D eigenvalue weighted by atomic mass is 127. The molecule has 1 aromatic carbocycles. The number of rotatable bonds is 5. The molecule has 1 heterocycles. The minimum Gasteiger partial charge on any atom is -0.492 e. The van der Waals surface area contributed by atoms with Crippen LogP contribution in [0.4, 0.5) is 0 Å². The normalized spacial score (nSPS) is 14.8. The molecule has 1 N–H and O–H groups in total. The predicted molar refractivity (Wildman–Crippen MR) is 115 cm³/mol. The van der Waals surface area contributed by atoms with E-state index in [2.05, 4.69) is 38.1 Å². The standard InChI is InChI=1S/C17H25BrN4O2.HI/c1-3-19-17(22-10-8-21(9-11-22)14(2)23)20-7-12-24-16-6-4-5-15(18)13-16;/h4-6,13H,3,7-12H2,1-2H3,(H,19,20);1H. The molecule has 1 aromatic rings. The number of halogens is 2. The van der Waals surface area contributed by atoms with E-state index in [1.165, 1.54) is 0 Å². The van der Waals surface area contributed by atoms with Crippen LogP contribution >= 0.6 is 39.9 Å².